The average Bonchev–Trinajstić information content (AvgIpc) is 3.43. The monoisotopic (exact) mass is 420 g/mol. The Labute approximate surface area is 180 Å². The molecule has 1 aliphatic heterocycles. The molecule has 0 bridgehead atoms. The van der Waals surface area contributed by atoms with Crippen LogP contribution in [-0.2, 0) is 17.9 Å². The second-order valence-electron chi connectivity index (χ2n) is 7.19. The van der Waals surface area contributed by atoms with E-state index in [2.05, 4.69) is 40.7 Å². The molecule has 3 aromatic rings. The molecule has 4 rings (SSSR count). The number of hydrogen-bond donors (Lipinski definition) is 1. The number of rotatable bonds is 8. The van der Waals surface area contributed by atoms with Crippen LogP contribution in [0.15, 0.2) is 67.0 Å². The van der Waals surface area contributed by atoms with Crippen LogP contribution in [0, 0.1) is 0 Å². The third kappa shape index (κ3) is 5.10. The highest BCUT2D eigenvalue weighted by Gasteiger charge is 2.21. The minimum Gasteiger partial charge on any atom is -0.352 e. The van der Waals surface area contributed by atoms with E-state index in [9.17, 15) is 9.59 Å². The molecule has 30 heavy (non-hydrogen) atoms. The molecule has 0 radical (unpaired) electrons. The quantitative estimate of drug-likeness (QED) is 0.602. The first-order valence-electron chi connectivity index (χ1n) is 10.0. The lowest BCUT2D eigenvalue weighted by Crippen LogP contribution is -2.30. The number of carbonyl (C=O) groups excluding carboxylic acids is 2. The normalized spacial score (nSPS) is 13.6. The zero-order valence-corrected chi connectivity index (χ0v) is 17.5. The molecule has 1 N–H and O–H groups in total. The summed E-state index contributed by atoms with van der Waals surface area (Å²) in [4.78, 5) is 25.6. The van der Waals surface area contributed by atoms with Gasteiger partial charge in [-0.1, -0.05) is 60.3 Å². The number of thioether (sulfide) groups is 1. The van der Waals surface area contributed by atoms with Crippen LogP contribution >= 0.6 is 11.8 Å². The Balaban J connectivity index is 1.36. The summed E-state index contributed by atoms with van der Waals surface area (Å²) < 4.78 is 1.90. The lowest BCUT2D eigenvalue weighted by molar-refractivity contribution is -0.121. The van der Waals surface area contributed by atoms with Crippen LogP contribution in [0.3, 0.4) is 0 Å². The lowest BCUT2D eigenvalue weighted by Gasteiger charge is -2.15. The van der Waals surface area contributed by atoms with Crippen molar-refractivity contribution in [1.82, 2.24) is 20.0 Å². The number of nitrogens with zero attached hydrogens (tertiary/aromatic N) is 3. The lowest BCUT2D eigenvalue weighted by atomic mass is 9.98. The molecule has 0 aliphatic carbocycles. The van der Waals surface area contributed by atoms with Gasteiger partial charge in [-0.25, -0.2) is 0 Å². The predicted molar refractivity (Wildman–Crippen MR) is 119 cm³/mol. The van der Waals surface area contributed by atoms with E-state index in [1.807, 2.05) is 35.1 Å². The molecule has 1 fully saturated rings. The van der Waals surface area contributed by atoms with Gasteiger partial charge in [0.05, 0.1) is 6.54 Å². The van der Waals surface area contributed by atoms with Crippen molar-refractivity contribution < 1.29 is 9.59 Å². The summed E-state index contributed by atoms with van der Waals surface area (Å²) >= 11 is 1.32. The number of aromatic nitrogens is 2. The number of hydrogen-bond acceptors (Lipinski definition) is 4. The van der Waals surface area contributed by atoms with E-state index in [1.165, 1.54) is 17.3 Å². The standard InChI is InChI=1S/C23H24N4O2S/c28-22(10-13-26-14-15-30-23(26)29)24-16-20-4-1-2-5-21(20)19-8-6-18(7-9-19)17-27-12-3-11-25-27/h1-9,11-12H,10,13-17H2,(H,24,28). The summed E-state index contributed by atoms with van der Waals surface area (Å²) in [6.07, 6.45) is 4.06. The maximum absolute atomic E-state index is 12.3. The first-order chi connectivity index (χ1) is 14.7. The maximum Gasteiger partial charge on any atom is 0.281 e. The third-order valence-corrected chi connectivity index (χ3v) is 6.01. The summed E-state index contributed by atoms with van der Waals surface area (Å²) in [5.41, 5.74) is 4.47. The summed E-state index contributed by atoms with van der Waals surface area (Å²) in [5.74, 6) is 0.776. The van der Waals surface area contributed by atoms with Crippen LogP contribution in [0.5, 0.6) is 0 Å². The Morgan fingerprint density at radius 3 is 2.67 bits per heavy atom. The van der Waals surface area contributed by atoms with E-state index >= 15 is 0 Å². The highest BCUT2D eigenvalue weighted by molar-refractivity contribution is 8.13. The fourth-order valence-electron chi connectivity index (χ4n) is 3.47. The molecule has 1 saturated heterocycles. The van der Waals surface area contributed by atoms with Gasteiger partial charge in [0, 0.05) is 44.2 Å². The smallest absolute Gasteiger partial charge is 0.281 e. The van der Waals surface area contributed by atoms with Gasteiger partial charge in [-0.2, -0.15) is 5.10 Å². The van der Waals surface area contributed by atoms with E-state index in [-0.39, 0.29) is 11.1 Å². The van der Waals surface area contributed by atoms with Crippen molar-refractivity contribution in [3.8, 4) is 11.1 Å². The van der Waals surface area contributed by atoms with E-state index in [1.54, 1.807) is 11.1 Å². The molecule has 6 nitrogen and oxygen atoms in total. The molecule has 154 valence electrons. The highest BCUT2D eigenvalue weighted by Crippen LogP contribution is 2.24. The SMILES string of the molecule is O=C(CCN1CCSC1=O)NCc1ccccc1-c1ccc(Cn2cccn2)cc1. The molecule has 2 heterocycles. The van der Waals surface area contributed by atoms with Crippen molar-refractivity contribution >= 4 is 22.9 Å². The zero-order chi connectivity index (χ0) is 20.8. The molecule has 7 heteroatoms. The van der Waals surface area contributed by atoms with Gasteiger partial charge in [0.25, 0.3) is 5.24 Å². The van der Waals surface area contributed by atoms with Crippen LogP contribution in [0.1, 0.15) is 17.5 Å². The van der Waals surface area contributed by atoms with Crippen molar-refractivity contribution in [2.45, 2.75) is 19.5 Å². The van der Waals surface area contributed by atoms with Crippen molar-refractivity contribution in [3.05, 3.63) is 78.1 Å². The summed E-state index contributed by atoms with van der Waals surface area (Å²) in [6, 6.07) is 18.5. The number of carbonyl (C=O) groups is 2. The Bertz CT molecular complexity index is 1000. The first-order valence-corrected chi connectivity index (χ1v) is 11.0. The number of benzene rings is 2. The topological polar surface area (TPSA) is 67.2 Å². The van der Waals surface area contributed by atoms with E-state index in [0.717, 1.165) is 35.5 Å². The van der Waals surface area contributed by atoms with Crippen LogP contribution in [0.25, 0.3) is 11.1 Å². The van der Waals surface area contributed by atoms with Crippen molar-refractivity contribution in [3.63, 3.8) is 0 Å². The molecular formula is C23H24N4O2S. The van der Waals surface area contributed by atoms with Crippen LogP contribution in [0.2, 0.25) is 0 Å². The molecule has 1 aliphatic rings. The Morgan fingerprint density at radius 2 is 1.93 bits per heavy atom. The molecular weight excluding hydrogens is 396 g/mol. The summed E-state index contributed by atoms with van der Waals surface area (Å²) in [7, 11) is 0. The molecule has 0 atom stereocenters. The fourth-order valence-corrected chi connectivity index (χ4v) is 4.33. The van der Waals surface area contributed by atoms with E-state index in [0.29, 0.717) is 19.5 Å². The van der Waals surface area contributed by atoms with Gasteiger partial charge in [-0.3, -0.25) is 14.3 Å². The second-order valence-corrected chi connectivity index (χ2v) is 8.23. The molecule has 0 spiro atoms. The largest absolute Gasteiger partial charge is 0.352 e. The van der Waals surface area contributed by atoms with Gasteiger partial charge >= 0.3 is 0 Å². The maximum atomic E-state index is 12.3. The Hall–Kier alpha value is -3.06. The van der Waals surface area contributed by atoms with Crippen LogP contribution in [0.4, 0.5) is 4.79 Å². The number of amides is 2. The first kappa shape index (κ1) is 20.2. The van der Waals surface area contributed by atoms with Crippen molar-refractivity contribution in [1.29, 1.82) is 0 Å². The van der Waals surface area contributed by atoms with Gasteiger partial charge in [0.2, 0.25) is 5.91 Å². The van der Waals surface area contributed by atoms with Gasteiger partial charge < -0.3 is 10.2 Å². The third-order valence-electron chi connectivity index (χ3n) is 5.12. The van der Waals surface area contributed by atoms with Crippen LogP contribution in [-0.4, -0.2) is 44.7 Å². The van der Waals surface area contributed by atoms with Gasteiger partial charge in [0.1, 0.15) is 0 Å². The molecule has 0 saturated carbocycles. The number of nitrogens with one attached hydrogen (secondary N) is 1. The second kappa shape index (κ2) is 9.63. The van der Waals surface area contributed by atoms with E-state index < -0.39 is 0 Å². The summed E-state index contributed by atoms with van der Waals surface area (Å²) in [6.45, 7) is 2.42. The highest BCUT2D eigenvalue weighted by atomic mass is 32.2. The molecule has 2 amide bonds. The Kier molecular flexibility index (Phi) is 6.49. The van der Waals surface area contributed by atoms with E-state index in [4.69, 9.17) is 0 Å². The Morgan fingerprint density at radius 1 is 1.10 bits per heavy atom. The van der Waals surface area contributed by atoms with Gasteiger partial charge in [0.15, 0.2) is 0 Å². The zero-order valence-electron chi connectivity index (χ0n) is 16.7. The van der Waals surface area contributed by atoms with Crippen molar-refractivity contribution in [2.75, 3.05) is 18.8 Å². The minimum absolute atomic E-state index is 0.0379. The predicted octanol–water partition coefficient (Wildman–Crippen LogP) is 3.77. The molecule has 0 unspecified atom stereocenters. The molecule has 2 aromatic carbocycles. The fraction of sp³-hybridized carbons (Fsp3) is 0.261. The molecule has 1 aromatic heterocycles. The van der Waals surface area contributed by atoms with Crippen LogP contribution < -0.4 is 5.32 Å². The minimum atomic E-state index is -0.0379. The average molecular weight is 421 g/mol. The summed E-state index contributed by atoms with van der Waals surface area (Å²) in [5, 5.41) is 7.31. The van der Waals surface area contributed by atoms with Crippen molar-refractivity contribution in [2.24, 2.45) is 0 Å². The van der Waals surface area contributed by atoms with Gasteiger partial charge in [-0.15, -0.1) is 0 Å². The van der Waals surface area contributed by atoms with Gasteiger partial charge in [-0.05, 0) is 28.3 Å².